The van der Waals surface area contributed by atoms with Crippen molar-refractivity contribution in [1.29, 1.82) is 0 Å². The monoisotopic (exact) mass is 233 g/mol. The van der Waals surface area contributed by atoms with E-state index < -0.39 is 18.0 Å². The highest BCUT2D eigenvalue weighted by Gasteiger charge is 2.17. The third kappa shape index (κ3) is 7.83. The minimum atomic E-state index is -0.924. The predicted molar refractivity (Wildman–Crippen MR) is 51.1 cm³/mol. The van der Waals surface area contributed by atoms with Crippen molar-refractivity contribution in [2.24, 2.45) is 5.73 Å². The summed E-state index contributed by atoms with van der Waals surface area (Å²) in [6, 6.07) is -0.924. The second-order valence-electron chi connectivity index (χ2n) is 1.91. The molecule has 0 aliphatic rings. The van der Waals surface area contributed by atoms with Gasteiger partial charge >= 0.3 is 11.9 Å². The second-order valence-corrected chi connectivity index (χ2v) is 1.91. The summed E-state index contributed by atoms with van der Waals surface area (Å²) in [5, 5.41) is 0. The molecule has 80 valence electrons. The molecule has 0 spiro atoms. The summed E-state index contributed by atoms with van der Waals surface area (Å²) in [7, 11) is 2.44. The van der Waals surface area contributed by atoms with Crippen molar-refractivity contribution in [1.82, 2.24) is 0 Å². The third-order valence-corrected chi connectivity index (χ3v) is 1.12. The molecule has 0 aliphatic carbocycles. The number of nitrogens with two attached hydrogens (primary N) is 1. The van der Waals surface area contributed by atoms with Crippen LogP contribution >= 0.6 is 24.8 Å². The van der Waals surface area contributed by atoms with Gasteiger partial charge < -0.3 is 15.2 Å². The van der Waals surface area contributed by atoms with Gasteiger partial charge in [0, 0.05) is 0 Å². The van der Waals surface area contributed by atoms with E-state index in [1.165, 1.54) is 14.2 Å². The van der Waals surface area contributed by atoms with E-state index in [1.54, 1.807) is 0 Å². The first-order valence-electron chi connectivity index (χ1n) is 3.02. The molecular weight excluding hydrogens is 221 g/mol. The van der Waals surface area contributed by atoms with Gasteiger partial charge in [-0.05, 0) is 0 Å². The number of hydrogen-bond acceptors (Lipinski definition) is 5. The average Bonchev–Trinajstić information content (AvgIpc) is 2.02. The van der Waals surface area contributed by atoms with E-state index in [9.17, 15) is 9.59 Å². The molecular formula is C6H13Cl2NO4. The van der Waals surface area contributed by atoms with Crippen LogP contribution in [0, 0.1) is 0 Å². The molecule has 2 N–H and O–H groups in total. The Balaban J connectivity index is -0.000000500. The summed E-state index contributed by atoms with van der Waals surface area (Å²) >= 11 is 0. The van der Waals surface area contributed by atoms with Crippen molar-refractivity contribution in [3.63, 3.8) is 0 Å². The molecule has 0 saturated carbocycles. The number of carbonyl (C=O) groups excluding carboxylic acids is 2. The molecule has 13 heavy (non-hydrogen) atoms. The van der Waals surface area contributed by atoms with E-state index in [0.717, 1.165) is 0 Å². The Kier molecular flexibility index (Phi) is 13.5. The molecule has 0 aliphatic heterocycles. The Hall–Kier alpha value is -0.520. The number of esters is 2. The Labute approximate surface area is 88.8 Å². The van der Waals surface area contributed by atoms with Crippen LogP contribution in [0.25, 0.3) is 0 Å². The lowest BCUT2D eigenvalue weighted by Gasteiger charge is -2.06. The number of ether oxygens (including phenoxy) is 2. The molecule has 0 aromatic heterocycles. The Morgan fingerprint density at radius 1 is 1.23 bits per heavy atom. The first kappa shape index (κ1) is 18.3. The van der Waals surface area contributed by atoms with Crippen molar-refractivity contribution in [2.45, 2.75) is 12.5 Å². The van der Waals surface area contributed by atoms with Gasteiger partial charge in [0.05, 0.1) is 20.6 Å². The van der Waals surface area contributed by atoms with Crippen LogP contribution in [0.15, 0.2) is 0 Å². The molecule has 0 radical (unpaired) electrons. The molecule has 1 atom stereocenters. The zero-order valence-electron chi connectivity index (χ0n) is 7.31. The summed E-state index contributed by atoms with van der Waals surface area (Å²) in [4.78, 5) is 21.1. The Bertz CT molecular complexity index is 165. The van der Waals surface area contributed by atoms with Crippen LogP contribution in [0.4, 0.5) is 0 Å². The van der Waals surface area contributed by atoms with E-state index >= 15 is 0 Å². The Morgan fingerprint density at radius 2 is 1.69 bits per heavy atom. The SMILES string of the molecule is COC(=O)C[C@H](N)C(=O)OC.Cl.Cl. The van der Waals surface area contributed by atoms with E-state index in [-0.39, 0.29) is 31.2 Å². The van der Waals surface area contributed by atoms with Crippen LogP contribution in [0.3, 0.4) is 0 Å². The van der Waals surface area contributed by atoms with Gasteiger partial charge in [0.15, 0.2) is 0 Å². The molecule has 0 aromatic rings. The lowest BCUT2D eigenvalue weighted by Crippen LogP contribution is -2.34. The maximum atomic E-state index is 10.6. The molecule has 0 amide bonds. The summed E-state index contributed by atoms with van der Waals surface area (Å²) in [5.74, 6) is -1.14. The van der Waals surface area contributed by atoms with Gasteiger partial charge in [0.1, 0.15) is 6.04 Å². The lowest BCUT2D eigenvalue weighted by molar-refractivity contribution is -0.148. The highest BCUT2D eigenvalue weighted by atomic mass is 35.5. The molecule has 0 fully saturated rings. The summed E-state index contributed by atoms with van der Waals surface area (Å²) in [6.07, 6.45) is -0.150. The van der Waals surface area contributed by atoms with Crippen LogP contribution in [0.1, 0.15) is 6.42 Å². The third-order valence-electron chi connectivity index (χ3n) is 1.12. The van der Waals surface area contributed by atoms with Gasteiger partial charge in [-0.3, -0.25) is 9.59 Å². The second kappa shape index (κ2) is 9.57. The van der Waals surface area contributed by atoms with E-state index in [2.05, 4.69) is 9.47 Å². The molecule has 0 bridgehead atoms. The van der Waals surface area contributed by atoms with Crippen LogP contribution in [0.2, 0.25) is 0 Å². The van der Waals surface area contributed by atoms with Crippen LogP contribution in [0.5, 0.6) is 0 Å². The maximum absolute atomic E-state index is 10.6. The van der Waals surface area contributed by atoms with Crippen molar-refractivity contribution in [3.8, 4) is 0 Å². The van der Waals surface area contributed by atoms with Crippen LogP contribution in [-0.2, 0) is 19.1 Å². The molecule has 7 heteroatoms. The van der Waals surface area contributed by atoms with Crippen molar-refractivity contribution in [2.75, 3.05) is 14.2 Å². The largest absolute Gasteiger partial charge is 0.469 e. The van der Waals surface area contributed by atoms with Gasteiger partial charge in [-0.2, -0.15) is 0 Å². The molecule has 0 aromatic carbocycles. The minimum absolute atomic E-state index is 0. The molecule has 0 heterocycles. The molecule has 0 unspecified atom stereocenters. The number of hydrogen-bond donors (Lipinski definition) is 1. The van der Waals surface area contributed by atoms with Crippen LogP contribution in [-0.4, -0.2) is 32.2 Å². The fourth-order valence-corrected chi connectivity index (χ4v) is 0.498. The standard InChI is InChI=1S/C6H11NO4.2ClH/c1-10-5(8)3-4(7)6(9)11-2;;/h4H,3,7H2,1-2H3;2*1H/t4-;;/m0../s1. The average molecular weight is 234 g/mol. The molecule has 0 rings (SSSR count). The quantitative estimate of drug-likeness (QED) is 0.689. The van der Waals surface area contributed by atoms with Gasteiger partial charge in [0.25, 0.3) is 0 Å². The highest BCUT2D eigenvalue weighted by molar-refractivity contribution is 5.85. The zero-order valence-corrected chi connectivity index (χ0v) is 8.94. The molecule has 5 nitrogen and oxygen atoms in total. The topological polar surface area (TPSA) is 78.6 Å². The smallest absolute Gasteiger partial charge is 0.323 e. The lowest BCUT2D eigenvalue weighted by atomic mass is 10.2. The van der Waals surface area contributed by atoms with Crippen molar-refractivity contribution < 1.29 is 19.1 Å². The van der Waals surface area contributed by atoms with Crippen molar-refractivity contribution >= 4 is 36.8 Å². The Morgan fingerprint density at radius 3 is 2.00 bits per heavy atom. The highest BCUT2D eigenvalue weighted by Crippen LogP contribution is 1.92. The number of halogens is 2. The normalized spacial score (nSPS) is 10.1. The predicted octanol–water partition coefficient (Wildman–Crippen LogP) is -0.107. The number of methoxy groups -OCH3 is 2. The zero-order chi connectivity index (χ0) is 8.85. The molecule has 0 saturated heterocycles. The summed E-state index contributed by atoms with van der Waals surface area (Å²) in [6.45, 7) is 0. The summed E-state index contributed by atoms with van der Waals surface area (Å²) < 4.78 is 8.57. The fraction of sp³-hybridized carbons (Fsp3) is 0.667. The van der Waals surface area contributed by atoms with Crippen LogP contribution < -0.4 is 5.73 Å². The number of rotatable bonds is 3. The number of carbonyl (C=O) groups is 2. The van der Waals surface area contributed by atoms with E-state index in [0.29, 0.717) is 0 Å². The van der Waals surface area contributed by atoms with E-state index in [1.807, 2.05) is 0 Å². The van der Waals surface area contributed by atoms with Gasteiger partial charge in [-0.1, -0.05) is 0 Å². The first-order valence-corrected chi connectivity index (χ1v) is 3.02. The van der Waals surface area contributed by atoms with Gasteiger partial charge in [-0.25, -0.2) is 0 Å². The summed E-state index contributed by atoms with van der Waals surface area (Å²) in [5.41, 5.74) is 5.23. The first-order chi connectivity index (χ1) is 5.11. The van der Waals surface area contributed by atoms with Gasteiger partial charge in [0.2, 0.25) is 0 Å². The van der Waals surface area contributed by atoms with Crippen molar-refractivity contribution in [3.05, 3.63) is 0 Å². The maximum Gasteiger partial charge on any atom is 0.323 e. The van der Waals surface area contributed by atoms with E-state index in [4.69, 9.17) is 5.73 Å². The van der Waals surface area contributed by atoms with Gasteiger partial charge in [-0.15, -0.1) is 24.8 Å². The fourth-order valence-electron chi connectivity index (χ4n) is 0.498. The minimum Gasteiger partial charge on any atom is -0.469 e.